The van der Waals surface area contributed by atoms with E-state index < -0.39 is 0 Å². The van der Waals surface area contributed by atoms with E-state index in [2.05, 4.69) is 25.0 Å². The Bertz CT molecular complexity index is 458. The van der Waals surface area contributed by atoms with Crippen molar-refractivity contribution in [3.05, 3.63) is 35.2 Å². The van der Waals surface area contributed by atoms with Crippen molar-refractivity contribution in [3.8, 4) is 0 Å². The Kier molecular flexibility index (Phi) is 2.96. The highest BCUT2D eigenvalue weighted by atomic mass is 35.5. The van der Waals surface area contributed by atoms with Gasteiger partial charge in [-0.2, -0.15) is 0 Å². The third-order valence-corrected chi connectivity index (χ3v) is 3.06. The van der Waals surface area contributed by atoms with Crippen molar-refractivity contribution in [2.75, 3.05) is 0 Å². The van der Waals surface area contributed by atoms with Crippen molar-refractivity contribution in [1.82, 2.24) is 9.38 Å². The monoisotopic (exact) mass is 222 g/mol. The maximum atomic E-state index is 5.93. The zero-order valence-electron chi connectivity index (χ0n) is 9.07. The summed E-state index contributed by atoms with van der Waals surface area (Å²) in [7, 11) is 0. The number of halogens is 1. The fourth-order valence-corrected chi connectivity index (χ4v) is 2.06. The Morgan fingerprint density at radius 3 is 2.67 bits per heavy atom. The van der Waals surface area contributed by atoms with E-state index >= 15 is 0 Å². The molecule has 80 valence electrons. The molecule has 0 saturated heterocycles. The predicted octanol–water partition coefficient (Wildman–Crippen LogP) is 3.89. The molecule has 2 heterocycles. The average molecular weight is 223 g/mol. The van der Waals surface area contributed by atoms with Crippen LogP contribution >= 0.6 is 11.6 Å². The number of pyridine rings is 1. The van der Waals surface area contributed by atoms with Crippen molar-refractivity contribution in [1.29, 1.82) is 0 Å². The number of hydrogen-bond donors (Lipinski definition) is 0. The first-order valence-electron chi connectivity index (χ1n) is 5.38. The summed E-state index contributed by atoms with van der Waals surface area (Å²) in [5.41, 5.74) is 2.14. The predicted molar refractivity (Wildman–Crippen MR) is 63.5 cm³/mol. The smallest absolute Gasteiger partial charge is 0.137 e. The van der Waals surface area contributed by atoms with Crippen LogP contribution in [0.1, 0.15) is 38.3 Å². The van der Waals surface area contributed by atoms with Crippen LogP contribution in [0.5, 0.6) is 0 Å². The molecule has 0 saturated carbocycles. The zero-order valence-corrected chi connectivity index (χ0v) is 9.83. The number of rotatable bonds is 3. The molecule has 2 rings (SSSR count). The van der Waals surface area contributed by atoms with Crippen molar-refractivity contribution < 1.29 is 0 Å². The lowest BCUT2D eigenvalue weighted by atomic mass is 10.0. The third-order valence-electron chi connectivity index (χ3n) is 2.84. The van der Waals surface area contributed by atoms with E-state index in [9.17, 15) is 0 Å². The van der Waals surface area contributed by atoms with E-state index in [1.165, 1.54) is 5.69 Å². The Balaban J connectivity index is 2.46. The van der Waals surface area contributed by atoms with Crippen molar-refractivity contribution in [2.45, 2.75) is 32.6 Å². The van der Waals surface area contributed by atoms with E-state index in [0.717, 1.165) is 23.5 Å². The summed E-state index contributed by atoms with van der Waals surface area (Å²) < 4.78 is 2.00. The molecule has 3 heteroatoms. The Morgan fingerprint density at radius 1 is 1.27 bits per heavy atom. The number of aromatic nitrogens is 2. The first-order chi connectivity index (χ1) is 7.24. The summed E-state index contributed by atoms with van der Waals surface area (Å²) in [5.74, 6) is 0.559. The average Bonchev–Trinajstić information content (AvgIpc) is 2.62. The largest absolute Gasteiger partial charge is 0.305 e. The minimum Gasteiger partial charge on any atom is -0.305 e. The summed E-state index contributed by atoms with van der Waals surface area (Å²) in [6.45, 7) is 4.40. The first kappa shape index (κ1) is 10.5. The number of fused-ring (bicyclic) bond motifs is 1. The molecule has 2 nitrogen and oxygen atoms in total. The molecule has 0 aliphatic rings. The highest BCUT2D eigenvalue weighted by molar-refractivity contribution is 6.30. The van der Waals surface area contributed by atoms with Gasteiger partial charge in [0.15, 0.2) is 0 Å². The first-order valence-corrected chi connectivity index (χ1v) is 5.76. The molecule has 0 aliphatic carbocycles. The molecule has 0 bridgehead atoms. The van der Waals surface area contributed by atoms with Gasteiger partial charge in [-0.05, 0) is 25.0 Å². The number of hydrogen-bond acceptors (Lipinski definition) is 1. The molecule has 15 heavy (non-hydrogen) atoms. The van der Waals surface area contributed by atoms with Crippen LogP contribution in [0.3, 0.4) is 0 Å². The summed E-state index contributed by atoms with van der Waals surface area (Å²) >= 11 is 5.93. The van der Waals surface area contributed by atoms with Crippen LogP contribution in [0.4, 0.5) is 0 Å². The molecule has 0 aromatic carbocycles. The zero-order chi connectivity index (χ0) is 10.8. The van der Waals surface area contributed by atoms with Gasteiger partial charge in [0.05, 0.1) is 10.7 Å². The highest BCUT2D eigenvalue weighted by Crippen LogP contribution is 2.23. The topological polar surface area (TPSA) is 17.3 Å². The van der Waals surface area contributed by atoms with Crippen molar-refractivity contribution in [2.24, 2.45) is 0 Å². The molecule has 2 aromatic rings. The summed E-state index contributed by atoms with van der Waals surface area (Å²) in [5, 5.41) is 0.746. The normalized spacial score (nSPS) is 11.5. The quantitative estimate of drug-likeness (QED) is 0.770. The van der Waals surface area contributed by atoms with Gasteiger partial charge in [-0.3, -0.25) is 0 Å². The summed E-state index contributed by atoms with van der Waals surface area (Å²) in [6.07, 6.45) is 6.25. The SMILES string of the molecule is CCC(CC)c1cn2cc(Cl)ccc2n1. The third kappa shape index (κ3) is 2.00. The number of nitrogens with zero attached hydrogens (tertiary/aromatic N) is 2. The van der Waals surface area contributed by atoms with Crippen LogP contribution < -0.4 is 0 Å². The van der Waals surface area contributed by atoms with Crippen LogP contribution in [-0.2, 0) is 0 Å². The Labute approximate surface area is 94.9 Å². The lowest BCUT2D eigenvalue weighted by Gasteiger charge is -2.06. The number of imidazole rings is 1. The van der Waals surface area contributed by atoms with Crippen LogP contribution in [-0.4, -0.2) is 9.38 Å². The Hall–Kier alpha value is -1.02. The molecule has 0 atom stereocenters. The highest BCUT2D eigenvalue weighted by Gasteiger charge is 2.10. The van der Waals surface area contributed by atoms with E-state index in [0.29, 0.717) is 5.92 Å². The van der Waals surface area contributed by atoms with Crippen molar-refractivity contribution in [3.63, 3.8) is 0 Å². The fourth-order valence-electron chi connectivity index (χ4n) is 1.89. The van der Waals surface area contributed by atoms with E-state index in [4.69, 9.17) is 11.6 Å². The molecule has 0 radical (unpaired) electrons. The molecule has 0 aliphatic heterocycles. The minimum absolute atomic E-state index is 0.559. The lowest BCUT2D eigenvalue weighted by molar-refractivity contribution is 0.627. The van der Waals surface area contributed by atoms with Crippen LogP contribution in [0.2, 0.25) is 5.02 Å². The molecule has 2 aromatic heterocycles. The van der Waals surface area contributed by atoms with Gasteiger partial charge >= 0.3 is 0 Å². The van der Waals surface area contributed by atoms with E-state index in [-0.39, 0.29) is 0 Å². The fraction of sp³-hybridized carbons (Fsp3) is 0.417. The van der Waals surface area contributed by atoms with Gasteiger partial charge < -0.3 is 4.40 Å². The van der Waals surface area contributed by atoms with Crippen LogP contribution in [0.25, 0.3) is 5.65 Å². The molecule has 0 N–H and O–H groups in total. The van der Waals surface area contributed by atoms with Gasteiger partial charge in [-0.25, -0.2) is 4.98 Å². The van der Waals surface area contributed by atoms with E-state index in [1.807, 2.05) is 22.7 Å². The van der Waals surface area contributed by atoms with Crippen LogP contribution in [0.15, 0.2) is 24.5 Å². The minimum atomic E-state index is 0.559. The molecule has 0 unspecified atom stereocenters. The van der Waals surface area contributed by atoms with E-state index in [1.54, 1.807) is 0 Å². The van der Waals surface area contributed by atoms with Gasteiger partial charge in [0, 0.05) is 18.3 Å². The van der Waals surface area contributed by atoms with Gasteiger partial charge in [0.25, 0.3) is 0 Å². The molecule has 0 fully saturated rings. The van der Waals surface area contributed by atoms with Crippen LogP contribution in [0, 0.1) is 0 Å². The lowest BCUT2D eigenvalue weighted by Crippen LogP contribution is -1.94. The second-order valence-electron chi connectivity index (χ2n) is 3.79. The summed E-state index contributed by atoms with van der Waals surface area (Å²) in [6, 6.07) is 3.83. The standard InChI is InChI=1S/C12H15ClN2/c1-3-9(4-2)11-8-15-7-10(13)5-6-12(15)14-11/h5-9H,3-4H2,1-2H3. The molecule has 0 spiro atoms. The Morgan fingerprint density at radius 2 is 2.00 bits per heavy atom. The molecular formula is C12H15ClN2. The van der Waals surface area contributed by atoms with Gasteiger partial charge in [0.1, 0.15) is 5.65 Å². The molecular weight excluding hydrogens is 208 g/mol. The van der Waals surface area contributed by atoms with Gasteiger partial charge in [-0.1, -0.05) is 25.4 Å². The maximum Gasteiger partial charge on any atom is 0.137 e. The summed E-state index contributed by atoms with van der Waals surface area (Å²) in [4.78, 5) is 4.60. The van der Waals surface area contributed by atoms with Gasteiger partial charge in [0.2, 0.25) is 0 Å². The molecule has 0 amide bonds. The maximum absolute atomic E-state index is 5.93. The van der Waals surface area contributed by atoms with Gasteiger partial charge in [-0.15, -0.1) is 0 Å². The van der Waals surface area contributed by atoms with Crippen molar-refractivity contribution >= 4 is 17.2 Å². The second kappa shape index (κ2) is 4.23. The second-order valence-corrected chi connectivity index (χ2v) is 4.23.